The number of rotatable bonds is 9. The van der Waals surface area contributed by atoms with E-state index in [1.165, 1.54) is 0 Å². The van der Waals surface area contributed by atoms with Crippen molar-refractivity contribution in [3.05, 3.63) is 24.3 Å². The zero-order chi connectivity index (χ0) is 14.1. The SMILES string of the molecule is CCS(=O)(=O)c1ccccc1NCCCOCCN. The summed E-state index contributed by atoms with van der Waals surface area (Å²) in [5.74, 6) is 0.102. The Hall–Kier alpha value is -1.11. The summed E-state index contributed by atoms with van der Waals surface area (Å²) in [6, 6.07) is 6.97. The second-order valence-electron chi connectivity index (χ2n) is 4.08. The number of nitrogens with two attached hydrogens (primary N) is 1. The van der Waals surface area contributed by atoms with E-state index in [-0.39, 0.29) is 5.75 Å². The highest BCUT2D eigenvalue weighted by atomic mass is 32.2. The van der Waals surface area contributed by atoms with Crippen molar-refractivity contribution >= 4 is 15.5 Å². The molecule has 5 nitrogen and oxygen atoms in total. The van der Waals surface area contributed by atoms with Gasteiger partial charge in [0.05, 0.1) is 22.9 Å². The van der Waals surface area contributed by atoms with Crippen LogP contribution in [-0.2, 0) is 14.6 Å². The summed E-state index contributed by atoms with van der Waals surface area (Å²) in [6.45, 7) is 4.01. The van der Waals surface area contributed by atoms with Crippen LogP contribution in [0.2, 0.25) is 0 Å². The first-order valence-electron chi connectivity index (χ1n) is 6.45. The predicted molar refractivity (Wildman–Crippen MR) is 77.1 cm³/mol. The number of nitrogens with one attached hydrogen (secondary N) is 1. The monoisotopic (exact) mass is 286 g/mol. The van der Waals surface area contributed by atoms with Crippen molar-refractivity contribution in [2.24, 2.45) is 5.73 Å². The molecule has 1 aromatic carbocycles. The van der Waals surface area contributed by atoms with Crippen molar-refractivity contribution in [1.29, 1.82) is 0 Å². The van der Waals surface area contributed by atoms with Gasteiger partial charge >= 0.3 is 0 Å². The molecule has 0 aliphatic carbocycles. The zero-order valence-corrected chi connectivity index (χ0v) is 12.1. The van der Waals surface area contributed by atoms with E-state index in [4.69, 9.17) is 10.5 Å². The molecule has 108 valence electrons. The summed E-state index contributed by atoms with van der Waals surface area (Å²) < 4.78 is 29.1. The van der Waals surface area contributed by atoms with Gasteiger partial charge in [0.25, 0.3) is 0 Å². The highest BCUT2D eigenvalue weighted by Crippen LogP contribution is 2.21. The number of sulfone groups is 1. The van der Waals surface area contributed by atoms with Crippen molar-refractivity contribution in [2.45, 2.75) is 18.2 Å². The minimum absolute atomic E-state index is 0.102. The van der Waals surface area contributed by atoms with Gasteiger partial charge in [0.2, 0.25) is 0 Å². The Morgan fingerprint density at radius 3 is 2.68 bits per heavy atom. The second kappa shape index (κ2) is 8.14. The van der Waals surface area contributed by atoms with Crippen molar-refractivity contribution in [3.63, 3.8) is 0 Å². The molecule has 6 heteroatoms. The van der Waals surface area contributed by atoms with E-state index < -0.39 is 9.84 Å². The lowest BCUT2D eigenvalue weighted by molar-refractivity contribution is 0.141. The fourth-order valence-corrected chi connectivity index (χ4v) is 2.69. The molecule has 0 saturated heterocycles. The number of anilines is 1. The summed E-state index contributed by atoms with van der Waals surface area (Å²) in [4.78, 5) is 0.361. The topological polar surface area (TPSA) is 81.4 Å². The van der Waals surface area contributed by atoms with E-state index in [2.05, 4.69) is 5.32 Å². The maximum absolute atomic E-state index is 11.9. The zero-order valence-electron chi connectivity index (χ0n) is 11.3. The highest BCUT2D eigenvalue weighted by Gasteiger charge is 2.15. The van der Waals surface area contributed by atoms with Crippen LogP contribution in [0.15, 0.2) is 29.2 Å². The lowest BCUT2D eigenvalue weighted by Gasteiger charge is -2.11. The molecule has 0 aliphatic heterocycles. The summed E-state index contributed by atoms with van der Waals surface area (Å²) in [5, 5.41) is 3.14. The van der Waals surface area contributed by atoms with E-state index in [0.717, 1.165) is 6.42 Å². The Bertz CT molecular complexity index is 475. The van der Waals surface area contributed by atoms with E-state index in [1.807, 2.05) is 6.07 Å². The number of hydrogen-bond donors (Lipinski definition) is 2. The Morgan fingerprint density at radius 2 is 2.00 bits per heavy atom. The largest absolute Gasteiger partial charge is 0.384 e. The second-order valence-corrected chi connectivity index (χ2v) is 6.33. The summed E-state index contributed by atoms with van der Waals surface area (Å²) in [6.07, 6.45) is 0.806. The number of ether oxygens (including phenoxy) is 1. The lowest BCUT2D eigenvalue weighted by atomic mass is 10.3. The van der Waals surface area contributed by atoms with E-state index in [1.54, 1.807) is 25.1 Å². The molecule has 0 heterocycles. The van der Waals surface area contributed by atoms with Crippen LogP contribution >= 0.6 is 0 Å². The van der Waals surface area contributed by atoms with Crippen molar-refractivity contribution in [3.8, 4) is 0 Å². The fraction of sp³-hybridized carbons (Fsp3) is 0.538. The average Bonchev–Trinajstić information content (AvgIpc) is 2.43. The molecular weight excluding hydrogens is 264 g/mol. The molecule has 0 fully saturated rings. The fourth-order valence-electron chi connectivity index (χ4n) is 1.62. The van der Waals surface area contributed by atoms with Crippen LogP contribution in [0.25, 0.3) is 0 Å². The van der Waals surface area contributed by atoms with Gasteiger partial charge in [0.1, 0.15) is 0 Å². The maximum atomic E-state index is 11.9. The van der Waals surface area contributed by atoms with Gasteiger partial charge in [-0.15, -0.1) is 0 Å². The lowest BCUT2D eigenvalue weighted by Crippen LogP contribution is -2.13. The third-order valence-electron chi connectivity index (χ3n) is 2.65. The van der Waals surface area contributed by atoms with Gasteiger partial charge in [-0.3, -0.25) is 0 Å². The molecule has 1 rings (SSSR count). The summed E-state index contributed by atoms with van der Waals surface area (Å²) in [5.41, 5.74) is 5.97. The molecule has 0 atom stereocenters. The molecule has 0 saturated carbocycles. The van der Waals surface area contributed by atoms with Crippen LogP contribution in [0.5, 0.6) is 0 Å². The molecule has 3 N–H and O–H groups in total. The Labute approximate surface area is 115 Å². The Kier molecular flexibility index (Phi) is 6.83. The van der Waals surface area contributed by atoms with Crippen LogP contribution in [0.1, 0.15) is 13.3 Å². The molecule has 0 amide bonds. The van der Waals surface area contributed by atoms with Crippen LogP contribution in [0.4, 0.5) is 5.69 Å². The average molecular weight is 286 g/mol. The number of benzene rings is 1. The first-order valence-corrected chi connectivity index (χ1v) is 8.10. The standard InChI is InChI=1S/C13H22N2O3S/c1-2-19(16,17)13-7-4-3-6-12(13)15-9-5-10-18-11-8-14/h3-4,6-7,15H,2,5,8-11,14H2,1H3. The van der Waals surface area contributed by atoms with Gasteiger partial charge in [0, 0.05) is 19.7 Å². The molecule has 0 aliphatic rings. The Balaban J connectivity index is 2.55. The molecule has 0 unspecified atom stereocenters. The van der Waals surface area contributed by atoms with E-state index in [9.17, 15) is 8.42 Å². The summed E-state index contributed by atoms with van der Waals surface area (Å²) in [7, 11) is -3.19. The third kappa shape index (κ3) is 5.18. The molecule has 19 heavy (non-hydrogen) atoms. The van der Waals surface area contributed by atoms with Crippen molar-refractivity contribution < 1.29 is 13.2 Å². The predicted octanol–water partition coefficient (Wildman–Crippen LogP) is 1.26. The summed E-state index contributed by atoms with van der Waals surface area (Å²) >= 11 is 0. The molecule has 1 aromatic rings. The van der Waals surface area contributed by atoms with Gasteiger partial charge in [-0.25, -0.2) is 8.42 Å². The first-order chi connectivity index (χ1) is 9.11. The normalized spacial score (nSPS) is 11.5. The van der Waals surface area contributed by atoms with Gasteiger partial charge in [0.15, 0.2) is 9.84 Å². The van der Waals surface area contributed by atoms with Crippen LogP contribution in [-0.4, -0.2) is 40.5 Å². The van der Waals surface area contributed by atoms with Gasteiger partial charge in [-0.2, -0.15) is 0 Å². The maximum Gasteiger partial charge on any atom is 0.180 e. The van der Waals surface area contributed by atoms with Crippen LogP contribution in [0.3, 0.4) is 0 Å². The van der Waals surface area contributed by atoms with Gasteiger partial charge in [-0.05, 0) is 18.6 Å². The molecule has 0 radical (unpaired) electrons. The molecular formula is C13H22N2O3S. The highest BCUT2D eigenvalue weighted by molar-refractivity contribution is 7.91. The minimum Gasteiger partial charge on any atom is -0.384 e. The van der Waals surface area contributed by atoms with E-state index >= 15 is 0 Å². The number of para-hydroxylation sites is 1. The van der Waals surface area contributed by atoms with Gasteiger partial charge in [-0.1, -0.05) is 19.1 Å². The van der Waals surface area contributed by atoms with Crippen molar-refractivity contribution in [1.82, 2.24) is 0 Å². The smallest absolute Gasteiger partial charge is 0.180 e. The third-order valence-corrected chi connectivity index (χ3v) is 4.43. The molecule has 0 bridgehead atoms. The first kappa shape index (κ1) is 15.9. The number of hydrogen-bond acceptors (Lipinski definition) is 5. The van der Waals surface area contributed by atoms with E-state index in [0.29, 0.717) is 36.9 Å². The quantitative estimate of drug-likeness (QED) is 0.668. The molecule has 0 spiro atoms. The van der Waals surface area contributed by atoms with Crippen LogP contribution in [0, 0.1) is 0 Å². The minimum atomic E-state index is -3.19. The van der Waals surface area contributed by atoms with Gasteiger partial charge < -0.3 is 15.8 Å². The molecule has 0 aromatic heterocycles. The van der Waals surface area contributed by atoms with Crippen LogP contribution < -0.4 is 11.1 Å². The van der Waals surface area contributed by atoms with Crippen molar-refractivity contribution in [2.75, 3.05) is 37.4 Å². The Morgan fingerprint density at radius 1 is 1.26 bits per heavy atom.